The molecule has 0 aliphatic heterocycles. The van der Waals surface area contributed by atoms with Gasteiger partial charge in [-0.15, -0.1) is 0 Å². The number of rotatable bonds is 10. The minimum atomic E-state index is -0.609. The minimum absolute atomic E-state index is 0.0715. The van der Waals surface area contributed by atoms with Gasteiger partial charge < -0.3 is 15.0 Å². The number of nitrogens with zero attached hydrogens (tertiary/aromatic N) is 1. The van der Waals surface area contributed by atoms with Crippen LogP contribution in [0.15, 0.2) is 54.6 Å². The SMILES string of the molecule is CCC(=O)N(Cc1ccc(Cl)cc1)[C@@H](Cc1ccccc1)C(=O)NCCOC. The van der Waals surface area contributed by atoms with Crippen molar-refractivity contribution in [2.24, 2.45) is 0 Å². The Morgan fingerprint density at radius 3 is 2.36 bits per heavy atom. The quantitative estimate of drug-likeness (QED) is 0.619. The fourth-order valence-corrected chi connectivity index (χ4v) is 3.06. The molecule has 0 saturated heterocycles. The van der Waals surface area contributed by atoms with Crippen molar-refractivity contribution in [2.45, 2.75) is 32.4 Å². The van der Waals surface area contributed by atoms with Gasteiger partial charge in [-0.2, -0.15) is 0 Å². The Hall–Kier alpha value is -2.37. The van der Waals surface area contributed by atoms with E-state index < -0.39 is 6.04 Å². The summed E-state index contributed by atoms with van der Waals surface area (Å²) in [6, 6.07) is 16.4. The number of methoxy groups -OCH3 is 1. The van der Waals surface area contributed by atoms with E-state index in [0.29, 0.717) is 37.6 Å². The maximum Gasteiger partial charge on any atom is 0.243 e. The first-order chi connectivity index (χ1) is 13.5. The third-order valence-corrected chi connectivity index (χ3v) is 4.70. The molecule has 2 aromatic rings. The summed E-state index contributed by atoms with van der Waals surface area (Å²) in [5.74, 6) is -0.255. The van der Waals surface area contributed by atoms with Gasteiger partial charge in [0.05, 0.1) is 6.61 Å². The van der Waals surface area contributed by atoms with Crippen LogP contribution in [0, 0.1) is 0 Å². The number of carbonyl (C=O) groups excluding carboxylic acids is 2. The monoisotopic (exact) mass is 402 g/mol. The lowest BCUT2D eigenvalue weighted by molar-refractivity contribution is -0.141. The van der Waals surface area contributed by atoms with Gasteiger partial charge in [0, 0.05) is 38.1 Å². The molecular weight excluding hydrogens is 376 g/mol. The van der Waals surface area contributed by atoms with Gasteiger partial charge in [0.25, 0.3) is 0 Å². The van der Waals surface area contributed by atoms with Crippen molar-refractivity contribution >= 4 is 23.4 Å². The number of nitrogens with one attached hydrogen (secondary N) is 1. The summed E-state index contributed by atoms with van der Waals surface area (Å²) in [7, 11) is 1.58. The van der Waals surface area contributed by atoms with Crippen LogP contribution >= 0.6 is 11.6 Å². The molecule has 0 saturated carbocycles. The average Bonchev–Trinajstić information content (AvgIpc) is 2.72. The maximum atomic E-state index is 12.9. The highest BCUT2D eigenvalue weighted by Crippen LogP contribution is 2.17. The van der Waals surface area contributed by atoms with Gasteiger partial charge in [0.2, 0.25) is 11.8 Å². The van der Waals surface area contributed by atoms with Gasteiger partial charge in [-0.1, -0.05) is 61.0 Å². The minimum Gasteiger partial charge on any atom is -0.383 e. The van der Waals surface area contributed by atoms with Crippen molar-refractivity contribution in [3.63, 3.8) is 0 Å². The molecule has 2 rings (SSSR count). The molecule has 0 aliphatic rings. The molecule has 0 fully saturated rings. The van der Waals surface area contributed by atoms with E-state index in [9.17, 15) is 9.59 Å². The molecule has 5 nitrogen and oxygen atoms in total. The van der Waals surface area contributed by atoms with E-state index in [0.717, 1.165) is 11.1 Å². The number of ether oxygens (including phenoxy) is 1. The van der Waals surface area contributed by atoms with Crippen LogP contribution in [-0.4, -0.2) is 43.0 Å². The zero-order valence-corrected chi connectivity index (χ0v) is 17.1. The first kappa shape index (κ1) is 21.9. The van der Waals surface area contributed by atoms with Gasteiger partial charge in [-0.3, -0.25) is 9.59 Å². The second-order valence-electron chi connectivity index (χ2n) is 6.49. The molecule has 0 aliphatic carbocycles. The van der Waals surface area contributed by atoms with Gasteiger partial charge in [0.15, 0.2) is 0 Å². The molecule has 0 aromatic heterocycles. The predicted octanol–water partition coefficient (Wildman–Crippen LogP) is 3.45. The molecule has 2 aromatic carbocycles. The Morgan fingerprint density at radius 1 is 1.07 bits per heavy atom. The summed E-state index contributed by atoms with van der Waals surface area (Å²) < 4.78 is 5.02. The lowest BCUT2D eigenvalue weighted by Gasteiger charge is -2.31. The zero-order chi connectivity index (χ0) is 20.4. The highest BCUT2D eigenvalue weighted by molar-refractivity contribution is 6.30. The first-order valence-electron chi connectivity index (χ1n) is 9.39. The molecule has 0 bridgehead atoms. The van der Waals surface area contributed by atoms with Crippen molar-refractivity contribution in [3.05, 3.63) is 70.7 Å². The number of benzene rings is 2. The Bertz CT molecular complexity index is 750. The molecule has 2 amide bonds. The van der Waals surface area contributed by atoms with Crippen LogP contribution in [0.2, 0.25) is 5.02 Å². The van der Waals surface area contributed by atoms with E-state index in [-0.39, 0.29) is 11.8 Å². The van der Waals surface area contributed by atoms with Crippen LogP contribution in [0.1, 0.15) is 24.5 Å². The van der Waals surface area contributed by atoms with Crippen LogP contribution in [0.25, 0.3) is 0 Å². The van der Waals surface area contributed by atoms with Gasteiger partial charge in [-0.25, -0.2) is 0 Å². The summed E-state index contributed by atoms with van der Waals surface area (Å²) in [5, 5.41) is 3.51. The molecule has 0 heterocycles. The Morgan fingerprint density at radius 2 is 1.75 bits per heavy atom. The van der Waals surface area contributed by atoms with Gasteiger partial charge in [-0.05, 0) is 23.3 Å². The molecule has 0 unspecified atom stereocenters. The normalized spacial score (nSPS) is 11.7. The van der Waals surface area contributed by atoms with Crippen molar-refractivity contribution in [2.75, 3.05) is 20.3 Å². The highest BCUT2D eigenvalue weighted by atomic mass is 35.5. The van der Waals surface area contributed by atoms with E-state index >= 15 is 0 Å². The smallest absolute Gasteiger partial charge is 0.243 e. The average molecular weight is 403 g/mol. The molecule has 0 spiro atoms. The highest BCUT2D eigenvalue weighted by Gasteiger charge is 2.29. The van der Waals surface area contributed by atoms with Crippen LogP contribution < -0.4 is 5.32 Å². The summed E-state index contributed by atoms with van der Waals surface area (Å²) in [5.41, 5.74) is 1.92. The van der Waals surface area contributed by atoms with Gasteiger partial charge >= 0.3 is 0 Å². The topological polar surface area (TPSA) is 58.6 Å². The molecule has 0 radical (unpaired) electrons. The molecule has 150 valence electrons. The molecule has 1 N–H and O–H groups in total. The van der Waals surface area contributed by atoms with E-state index in [1.54, 1.807) is 31.1 Å². The second kappa shape index (κ2) is 11.5. The van der Waals surface area contributed by atoms with Crippen molar-refractivity contribution < 1.29 is 14.3 Å². The maximum absolute atomic E-state index is 12.9. The zero-order valence-electron chi connectivity index (χ0n) is 16.4. The van der Waals surface area contributed by atoms with Crippen LogP contribution in [0.3, 0.4) is 0 Å². The number of carbonyl (C=O) groups is 2. The predicted molar refractivity (Wildman–Crippen MR) is 111 cm³/mol. The summed E-state index contributed by atoms with van der Waals surface area (Å²) in [6.07, 6.45) is 0.767. The fraction of sp³-hybridized carbons (Fsp3) is 0.364. The van der Waals surface area contributed by atoms with E-state index in [4.69, 9.17) is 16.3 Å². The van der Waals surface area contributed by atoms with E-state index in [1.165, 1.54) is 0 Å². The summed E-state index contributed by atoms with van der Waals surface area (Å²) in [6.45, 7) is 2.97. The largest absolute Gasteiger partial charge is 0.383 e. The Kier molecular flexibility index (Phi) is 8.98. The van der Waals surface area contributed by atoms with E-state index in [1.807, 2.05) is 42.5 Å². The lowest BCUT2D eigenvalue weighted by atomic mass is 10.0. The van der Waals surface area contributed by atoms with Gasteiger partial charge in [0.1, 0.15) is 6.04 Å². The lowest BCUT2D eigenvalue weighted by Crippen LogP contribution is -2.50. The molecule has 1 atom stereocenters. The molecular formula is C22H27ClN2O3. The number of halogens is 1. The molecule has 28 heavy (non-hydrogen) atoms. The first-order valence-corrected chi connectivity index (χ1v) is 9.77. The van der Waals surface area contributed by atoms with E-state index in [2.05, 4.69) is 5.32 Å². The Labute approximate surface area is 171 Å². The Balaban J connectivity index is 2.28. The third kappa shape index (κ3) is 6.66. The third-order valence-electron chi connectivity index (χ3n) is 4.45. The number of amides is 2. The standard InChI is InChI=1S/C22H27ClN2O3/c1-3-21(26)25(16-18-9-11-19(23)12-10-18)20(22(27)24-13-14-28-2)15-17-7-5-4-6-8-17/h4-12,20H,3,13-16H2,1-2H3,(H,24,27)/t20-/m0/s1. The number of hydrogen-bond donors (Lipinski definition) is 1. The van der Waals surface area contributed by atoms with Crippen molar-refractivity contribution in [3.8, 4) is 0 Å². The summed E-state index contributed by atoms with van der Waals surface area (Å²) in [4.78, 5) is 27.3. The number of hydrogen-bond acceptors (Lipinski definition) is 3. The second-order valence-corrected chi connectivity index (χ2v) is 6.93. The molecule has 6 heteroatoms. The van der Waals surface area contributed by atoms with Crippen molar-refractivity contribution in [1.82, 2.24) is 10.2 Å². The van der Waals surface area contributed by atoms with Crippen LogP contribution in [-0.2, 0) is 27.3 Å². The van der Waals surface area contributed by atoms with Crippen molar-refractivity contribution in [1.29, 1.82) is 0 Å². The fourth-order valence-electron chi connectivity index (χ4n) is 2.94. The van der Waals surface area contributed by atoms with Crippen LogP contribution in [0.4, 0.5) is 0 Å². The van der Waals surface area contributed by atoms with Crippen LogP contribution in [0.5, 0.6) is 0 Å². The summed E-state index contributed by atoms with van der Waals surface area (Å²) >= 11 is 5.97.